The molecule has 1 fully saturated rings. The third-order valence-electron chi connectivity index (χ3n) is 4.93. The number of fused-ring (bicyclic) bond motifs is 1. The van der Waals surface area contributed by atoms with Crippen LogP contribution in [0.5, 0.6) is 0 Å². The molecule has 0 N–H and O–H groups in total. The Morgan fingerprint density at radius 1 is 1.31 bits per heavy atom. The first-order chi connectivity index (χ1) is 12.8. The van der Waals surface area contributed by atoms with E-state index < -0.39 is 0 Å². The predicted molar refractivity (Wildman–Crippen MR) is 115 cm³/mol. The lowest BCUT2D eigenvalue weighted by molar-refractivity contribution is 0.390. The lowest BCUT2D eigenvalue weighted by Gasteiger charge is -2.21. The monoisotopic (exact) mass is 402 g/mol. The number of allylic oxidation sites excluding steroid dienone is 1. The normalized spacial score (nSPS) is 15.5. The van der Waals surface area contributed by atoms with Gasteiger partial charge in [0.2, 0.25) is 0 Å². The second-order valence-corrected chi connectivity index (χ2v) is 9.51. The molecule has 3 heterocycles. The predicted octanol–water partition coefficient (Wildman–Crippen LogP) is 6.04. The number of aromatic nitrogens is 2. The Morgan fingerprint density at radius 2 is 2.15 bits per heavy atom. The topological polar surface area (TPSA) is 34.9 Å². The van der Waals surface area contributed by atoms with Crippen molar-refractivity contribution >= 4 is 44.7 Å². The average molecular weight is 403 g/mol. The van der Waals surface area contributed by atoms with Crippen molar-refractivity contribution in [1.82, 2.24) is 9.55 Å². The lowest BCUT2D eigenvalue weighted by atomic mass is 9.91. The summed E-state index contributed by atoms with van der Waals surface area (Å²) < 4.78 is 1.80. The maximum atomic E-state index is 13.2. The third-order valence-corrected chi connectivity index (χ3v) is 7.91. The highest BCUT2D eigenvalue weighted by Gasteiger charge is 2.19. The molecular weight excluding hydrogens is 380 g/mol. The van der Waals surface area contributed by atoms with Gasteiger partial charge in [0, 0.05) is 28.1 Å². The van der Waals surface area contributed by atoms with Crippen molar-refractivity contribution in [2.24, 2.45) is 5.92 Å². The van der Waals surface area contributed by atoms with Crippen LogP contribution in [0.4, 0.5) is 0 Å². The minimum atomic E-state index is 0.0608. The quantitative estimate of drug-likeness (QED) is 0.286. The van der Waals surface area contributed by atoms with Gasteiger partial charge >= 0.3 is 0 Å². The van der Waals surface area contributed by atoms with E-state index in [1.54, 1.807) is 45.1 Å². The zero-order valence-electron chi connectivity index (χ0n) is 14.6. The molecule has 4 rings (SSSR count). The Balaban J connectivity index is 1.72. The molecule has 1 saturated carbocycles. The lowest BCUT2D eigenvalue weighted by Crippen LogP contribution is -2.23. The minimum Gasteiger partial charge on any atom is -0.283 e. The van der Waals surface area contributed by atoms with Crippen molar-refractivity contribution in [3.8, 4) is 10.4 Å². The van der Waals surface area contributed by atoms with E-state index in [0.717, 1.165) is 37.5 Å². The van der Waals surface area contributed by atoms with E-state index in [4.69, 9.17) is 4.98 Å². The van der Waals surface area contributed by atoms with Gasteiger partial charge < -0.3 is 0 Å². The summed E-state index contributed by atoms with van der Waals surface area (Å²) in [4.78, 5) is 20.1. The number of hydrogen-bond acceptors (Lipinski definition) is 5. The van der Waals surface area contributed by atoms with Gasteiger partial charge in [-0.05, 0) is 30.2 Å². The summed E-state index contributed by atoms with van der Waals surface area (Å²) in [5, 5.41) is 5.70. The van der Waals surface area contributed by atoms with Crippen LogP contribution in [0, 0.1) is 5.92 Å². The van der Waals surface area contributed by atoms with E-state index >= 15 is 0 Å². The third kappa shape index (κ3) is 3.55. The van der Waals surface area contributed by atoms with E-state index in [2.05, 4.69) is 18.0 Å². The van der Waals surface area contributed by atoms with Gasteiger partial charge in [-0.1, -0.05) is 43.2 Å². The van der Waals surface area contributed by atoms with Gasteiger partial charge in [-0.2, -0.15) is 0 Å². The van der Waals surface area contributed by atoms with Gasteiger partial charge in [-0.25, -0.2) is 4.98 Å². The summed E-state index contributed by atoms with van der Waals surface area (Å²) in [6, 6.07) is 4.09. The van der Waals surface area contributed by atoms with Crippen molar-refractivity contribution in [3.63, 3.8) is 0 Å². The summed E-state index contributed by atoms with van der Waals surface area (Å²) in [7, 11) is 0. The van der Waals surface area contributed by atoms with Gasteiger partial charge in [-0.3, -0.25) is 9.36 Å². The molecular formula is C20H22N2OS3. The molecule has 0 amide bonds. The molecule has 3 aromatic heterocycles. The largest absolute Gasteiger partial charge is 0.283 e. The fourth-order valence-electron chi connectivity index (χ4n) is 3.57. The number of hydrogen-bond donors (Lipinski definition) is 0. The highest BCUT2D eigenvalue weighted by atomic mass is 32.2. The van der Waals surface area contributed by atoms with Crippen molar-refractivity contribution < 1.29 is 0 Å². The summed E-state index contributed by atoms with van der Waals surface area (Å²) in [5.74, 6) is 1.81. The maximum Gasteiger partial charge on any atom is 0.263 e. The zero-order valence-corrected chi connectivity index (χ0v) is 17.1. The average Bonchev–Trinajstić information content (AvgIpc) is 3.33. The second-order valence-electron chi connectivity index (χ2n) is 6.72. The van der Waals surface area contributed by atoms with Crippen LogP contribution in [0.3, 0.4) is 0 Å². The molecule has 0 radical (unpaired) electrons. The first-order valence-electron chi connectivity index (χ1n) is 9.07. The number of nitrogens with zero attached hydrogens (tertiary/aromatic N) is 2. The Morgan fingerprint density at radius 3 is 2.88 bits per heavy atom. The molecule has 6 heteroatoms. The molecule has 1 aliphatic carbocycles. The second kappa shape index (κ2) is 8.11. The number of rotatable bonds is 6. The van der Waals surface area contributed by atoms with E-state index in [9.17, 15) is 4.79 Å². The summed E-state index contributed by atoms with van der Waals surface area (Å²) >= 11 is 4.98. The molecule has 0 bridgehead atoms. The van der Waals surface area contributed by atoms with Crippen LogP contribution in [0.15, 0.2) is 45.5 Å². The molecule has 3 nitrogen and oxygen atoms in total. The Bertz CT molecular complexity index is 950. The van der Waals surface area contributed by atoms with Crippen LogP contribution in [0.1, 0.15) is 32.1 Å². The molecule has 0 spiro atoms. The van der Waals surface area contributed by atoms with Crippen LogP contribution in [-0.2, 0) is 6.54 Å². The highest BCUT2D eigenvalue weighted by Crippen LogP contribution is 2.35. The minimum absolute atomic E-state index is 0.0608. The van der Waals surface area contributed by atoms with Crippen LogP contribution < -0.4 is 5.56 Å². The van der Waals surface area contributed by atoms with Crippen molar-refractivity contribution in [3.05, 3.63) is 45.9 Å². The SMILES string of the molecule is C=CCn1c(SCC2CCCCC2)nc2scc(-c3cccs3)c2c1=O. The smallest absolute Gasteiger partial charge is 0.263 e. The van der Waals surface area contributed by atoms with Crippen molar-refractivity contribution in [1.29, 1.82) is 0 Å². The maximum absolute atomic E-state index is 13.2. The fraction of sp³-hybridized carbons (Fsp3) is 0.400. The van der Waals surface area contributed by atoms with E-state index in [0.29, 0.717) is 6.54 Å². The van der Waals surface area contributed by atoms with Gasteiger partial charge in [-0.15, -0.1) is 29.3 Å². The number of thioether (sulfide) groups is 1. The molecule has 0 saturated heterocycles. The van der Waals surface area contributed by atoms with Crippen LogP contribution >= 0.6 is 34.4 Å². The molecule has 26 heavy (non-hydrogen) atoms. The van der Waals surface area contributed by atoms with Crippen LogP contribution in [0.25, 0.3) is 20.7 Å². The molecule has 0 atom stereocenters. The van der Waals surface area contributed by atoms with Crippen molar-refractivity contribution in [2.45, 2.75) is 43.8 Å². The summed E-state index contributed by atoms with van der Waals surface area (Å²) in [6.45, 7) is 4.34. The standard InChI is InChI=1S/C20H22N2OS3/c1-2-10-22-19(23)17-15(16-9-6-11-24-16)13-25-18(17)21-20(22)26-12-14-7-4-3-5-8-14/h2,6,9,11,13-14H,1,3-5,7-8,10,12H2. The fourth-order valence-corrected chi connectivity index (χ4v) is 6.56. The molecule has 0 aromatic carbocycles. The highest BCUT2D eigenvalue weighted by molar-refractivity contribution is 7.99. The zero-order chi connectivity index (χ0) is 17.9. The van der Waals surface area contributed by atoms with Crippen LogP contribution in [0.2, 0.25) is 0 Å². The van der Waals surface area contributed by atoms with Crippen LogP contribution in [-0.4, -0.2) is 15.3 Å². The Kier molecular flexibility index (Phi) is 5.62. The van der Waals surface area contributed by atoms with Gasteiger partial charge in [0.1, 0.15) is 4.83 Å². The number of thiophene rings is 2. The molecule has 0 aliphatic heterocycles. The molecule has 1 aliphatic rings. The Hall–Kier alpha value is -1.37. The van der Waals surface area contributed by atoms with Gasteiger partial charge in [0.15, 0.2) is 5.16 Å². The first-order valence-corrected chi connectivity index (χ1v) is 11.8. The molecule has 0 unspecified atom stereocenters. The molecule has 136 valence electrons. The van der Waals surface area contributed by atoms with E-state index in [-0.39, 0.29) is 5.56 Å². The van der Waals surface area contributed by atoms with E-state index in [1.165, 1.54) is 32.1 Å². The molecule has 3 aromatic rings. The van der Waals surface area contributed by atoms with Gasteiger partial charge in [0.05, 0.1) is 5.39 Å². The summed E-state index contributed by atoms with van der Waals surface area (Å²) in [6.07, 6.45) is 8.45. The summed E-state index contributed by atoms with van der Waals surface area (Å²) in [5.41, 5.74) is 1.07. The van der Waals surface area contributed by atoms with E-state index in [1.807, 2.05) is 11.4 Å². The first kappa shape index (κ1) is 18.0. The van der Waals surface area contributed by atoms with Crippen molar-refractivity contribution in [2.75, 3.05) is 5.75 Å². The Labute approximate surface area is 165 Å². The van der Waals surface area contributed by atoms with Gasteiger partial charge in [0.25, 0.3) is 5.56 Å².